The Hall–Kier alpha value is -7.43. The van der Waals surface area contributed by atoms with Gasteiger partial charge in [-0.05, 0) is 114 Å². The second-order valence-corrected chi connectivity index (χ2v) is 15.6. The van der Waals surface area contributed by atoms with Crippen molar-refractivity contribution in [2.75, 3.05) is 0 Å². The van der Waals surface area contributed by atoms with E-state index in [1.54, 1.807) is 0 Å². The van der Waals surface area contributed by atoms with Crippen molar-refractivity contribution >= 4 is 92.0 Å². The molecule has 0 saturated carbocycles. The second-order valence-electron chi connectivity index (χ2n) is 15.6. The van der Waals surface area contributed by atoms with Crippen LogP contribution in [0.4, 0.5) is 0 Å². The van der Waals surface area contributed by atoms with E-state index in [1.165, 1.54) is 33.0 Å². The average Bonchev–Trinajstić information content (AvgIpc) is 3.68. The minimum Gasteiger partial charge on any atom is -0.505 e. The lowest BCUT2D eigenvalue weighted by atomic mass is 9.73. The van der Waals surface area contributed by atoms with Crippen LogP contribution in [0.1, 0.15) is 24.0 Å². The third kappa shape index (κ3) is 5.48. The first kappa shape index (κ1) is 35.7. The lowest BCUT2D eigenvalue weighted by Gasteiger charge is -2.22. The summed E-state index contributed by atoms with van der Waals surface area (Å²) < 4.78 is 6.54. The number of fused-ring (bicyclic) bond motifs is 6. The molecule has 1 aromatic heterocycles. The van der Waals surface area contributed by atoms with E-state index in [1.807, 2.05) is 48.5 Å². The number of rotatable bonds is 5. The Bertz CT molecular complexity index is 3400. The minimum atomic E-state index is -0.719. The van der Waals surface area contributed by atoms with E-state index >= 15 is 0 Å². The van der Waals surface area contributed by atoms with E-state index in [0.717, 1.165) is 78.6 Å². The van der Waals surface area contributed by atoms with Crippen molar-refractivity contribution in [2.45, 2.75) is 12.8 Å². The lowest BCUT2D eigenvalue weighted by molar-refractivity contribution is 0.371. The van der Waals surface area contributed by atoms with Crippen LogP contribution in [0.25, 0.3) is 98.8 Å². The van der Waals surface area contributed by atoms with Gasteiger partial charge >= 0.3 is 0 Å². The highest BCUT2D eigenvalue weighted by atomic mass is 16.3. The molecule has 0 saturated heterocycles. The van der Waals surface area contributed by atoms with Crippen molar-refractivity contribution in [3.63, 3.8) is 0 Å². The zero-order valence-electron chi connectivity index (χ0n) is 32.4. The molecule has 280 valence electrons. The molecule has 1 aliphatic carbocycles. The van der Waals surface area contributed by atoms with Gasteiger partial charge in [-0.2, -0.15) is 0 Å². The van der Waals surface area contributed by atoms with Gasteiger partial charge in [-0.1, -0.05) is 150 Å². The highest BCUT2D eigenvalue weighted by Gasteiger charge is 2.25. The van der Waals surface area contributed by atoms with Gasteiger partial charge in [0.25, 0.3) is 0 Å². The fourth-order valence-corrected chi connectivity index (χ4v) is 9.36. The molecule has 3 N–H and O–H groups in total. The van der Waals surface area contributed by atoms with E-state index in [4.69, 9.17) is 20.1 Å². The van der Waals surface area contributed by atoms with Gasteiger partial charge in [0.15, 0.2) is 17.2 Å². The van der Waals surface area contributed by atoms with Crippen LogP contribution < -0.4 is 10.9 Å². The normalized spacial score (nSPS) is 13.1. The SMILES string of the molecule is [B]c1c([B])c(-c2c3ccccc3c(-c3cccc4oc5ccc(-c6ccc(C7=C(c8ccc9ccccc9c8)C=CCC7)cc6)cc5c34)c3ccccc23)c(O)c(O)c1O. The molecule has 11 rings (SSSR count). The van der Waals surface area contributed by atoms with Gasteiger partial charge < -0.3 is 19.7 Å². The molecule has 4 nitrogen and oxygen atoms in total. The minimum absolute atomic E-state index is 0.0213. The van der Waals surface area contributed by atoms with Gasteiger partial charge in [-0.25, -0.2) is 0 Å². The molecule has 0 atom stereocenters. The molecular weight excluding hydrogens is 734 g/mol. The largest absolute Gasteiger partial charge is 0.505 e. The quantitative estimate of drug-likeness (QED) is 0.0926. The molecule has 0 amide bonds. The lowest BCUT2D eigenvalue weighted by Crippen LogP contribution is -2.28. The van der Waals surface area contributed by atoms with Gasteiger partial charge in [0, 0.05) is 21.9 Å². The Balaban J connectivity index is 1.07. The third-order valence-corrected chi connectivity index (χ3v) is 12.2. The molecule has 0 spiro atoms. The van der Waals surface area contributed by atoms with Crippen molar-refractivity contribution in [1.82, 2.24) is 0 Å². The Kier molecular flexibility index (Phi) is 8.25. The fraction of sp³-hybridized carbons (Fsp3) is 0.0370. The zero-order valence-corrected chi connectivity index (χ0v) is 32.4. The first-order valence-electron chi connectivity index (χ1n) is 20.1. The molecule has 9 aromatic carbocycles. The van der Waals surface area contributed by atoms with E-state index in [-0.39, 0.29) is 16.5 Å². The van der Waals surface area contributed by atoms with Crippen LogP contribution in [-0.4, -0.2) is 31.0 Å². The molecule has 6 heteroatoms. The Morgan fingerprint density at radius 2 is 1.08 bits per heavy atom. The van der Waals surface area contributed by atoms with Crippen LogP contribution in [-0.2, 0) is 0 Å². The van der Waals surface area contributed by atoms with Gasteiger partial charge in [-0.3, -0.25) is 0 Å². The third-order valence-electron chi connectivity index (χ3n) is 12.2. The van der Waals surface area contributed by atoms with Crippen LogP contribution >= 0.6 is 0 Å². The fourth-order valence-electron chi connectivity index (χ4n) is 9.36. The van der Waals surface area contributed by atoms with Crippen LogP contribution in [0.2, 0.25) is 0 Å². The maximum Gasteiger partial charge on any atom is 0.200 e. The van der Waals surface area contributed by atoms with Crippen LogP contribution in [0.15, 0.2) is 168 Å². The van der Waals surface area contributed by atoms with Gasteiger partial charge in [0.1, 0.15) is 26.9 Å². The maximum atomic E-state index is 11.3. The van der Waals surface area contributed by atoms with Gasteiger partial charge in [0.2, 0.25) is 0 Å². The van der Waals surface area contributed by atoms with Crippen molar-refractivity contribution in [3.05, 3.63) is 175 Å². The highest BCUT2D eigenvalue weighted by Crippen LogP contribution is 2.50. The first-order chi connectivity index (χ1) is 29.4. The maximum absolute atomic E-state index is 11.3. The number of aromatic hydroxyl groups is 3. The summed E-state index contributed by atoms with van der Waals surface area (Å²) in [6, 6.07) is 52.6. The molecule has 4 radical (unpaired) electrons. The number of benzene rings is 9. The van der Waals surface area contributed by atoms with Crippen molar-refractivity contribution < 1.29 is 19.7 Å². The molecule has 0 unspecified atom stereocenters. The number of phenolic OH excluding ortho intramolecular Hbond substituents is 3. The summed E-state index contributed by atoms with van der Waals surface area (Å²) in [5, 5.41) is 40.3. The molecule has 0 aliphatic heterocycles. The number of hydrogen-bond donors (Lipinski definition) is 3. The molecule has 0 fully saturated rings. The zero-order chi connectivity index (χ0) is 40.6. The highest BCUT2D eigenvalue weighted by molar-refractivity contribution is 6.53. The number of furan rings is 1. The summed E-state index contributed by atoms with van der Waals surface area (Å²) in [6.45, 7) is 0. The Morgan fingerprint density at radius 1 is 0.450 bits per heavy atom. The number of hydrogen-bond acceptors (Lipinski definition) is 4. The van der Waals surface area contributed by atoms with E-state index in [2.05, 4.69) is 115 Å². The predicted molar refractivity (Wildman–Crippen MR) is 250 cm³/mol. The van der Waals surface area contributed by atoms with Crippen LogP contribution in [0.5, 0.6) is 17.2 Å². The number of phenols is 3. The van der Waals surface area contributed by atoms with Crippen molar-refractivity contribution in [3.8, 4) is 50.6 Å². The molecule has 1 heterocycles. The summed E-state index contributed by atoms with van der Waals surface area (Å²) in [5.74, 6) is -1.91. The number of allylic oxidation sites excluding steroid dienone is 4. The smallest absolute Gasteiger partial charge is 0.200 e. The monoisotopic (exact) mass is 768 g/mol. The standard InChI is InChI=1S/C54H34B2O4/c55-50-49(52(57)54(59)53(58)51(50)56)48-40-16-7-5-14-38(40)46(39-15-6-8-17-41(39)48)42-18-9-19-45-47(42)43-29-34(26-27-44(43)60-45)31-20-23-32(24-21-31)36-12-3-4-13-37(36)35-25-22-30-10-1-2-11-33(30)28-35/h1-2,4-11,13-29,57-59H,3,12H2. The Labute approximate surface area is 348 Å². The molecule has 10 aromatic rings. The first-order valence-corrected chi connectivity index (χ1v) is 20.1. The summed E-state index contributed by atoms with van der Waals surface area (Å²) >= 11 is 0. The van der Waals surface area contributed by atoms with Crippen molar-refractivity contribution in [2.24, 2.45) is 0 Å². The average molecular weight is 768 g/mol. The van der Waals surface area contributed by atoms with Gasteiger partial charge in [0.05, 0.1) is 0 Å². The second kappa shape index (κ2) is 13.9. The summed E-state index contributed by atoms with van der Waals surface area (Å²) in [6.07, 6.45) is 6.55. The molecular formula is C54H34B2O4. The Morgan fingerprint density at radius 3 is 1.82 bits per heavy atom. The van der Waals surface area contributed by atoms with Crippen molar-refractivity contribution in [1.29, 1.82) is 0 Å². The van der Waals surface area contributed by atoms with E-state index < -0.39 is 17.2 Å². The molecule has 1 aliphatic rings. The summed E-state index contributed by atoms with van der Waals surface area (Å²) in [7, 11) is 12.7. The van der Waals surface area contributed by atoms with Crippen LogP contribution in [0.3, 0.4) is 0 Å². The topological polar surface area (TPSA) is 73.8 Å². The summed E-state index contributed by atoms with van der Waals surface area (Å²) in [5.41, 5.74) is 11.3. The van der Waals surface area contributed by atoms with Gasteiger partial charge in [-0.15, -0.1) is 0 Å². The predicted octanol–water partition coefficient (Wildman–Crippen LogP) is 12.0. The molecule has 60 heavy (non-hydrogen) atoms. The van der Waals surface area contributed by atoms with E-state index in [9.17, 15) is 15.3 Å². The summed E-state index contributed by atoms with van der Waals surface area (Å²) in [4.78, 5) is 0. The van der Waals surface area contributed by atoms with Crippen LogP contribution in [0, 0.1) is 0 Å². The van der Waals surface area contributed by atoms with E-state index in [0.29, 0.717) is 5.56 Å². The molecule has 0 bridgehead atoms.